The average Bonchev–Trinajstić information content (AvgIpc) is 3.28. The van der Waals surface area contributed by atoms with Gasteiger partial charge in [-0.2, -0.15) is 0 Å². The highest BCUT2D eigenvalue weighted by molar-refractivity contribution is 6.09. The second-order valence-electron chi connectivity index (χ2n) is 9.31. The SMILES string of the molecule is Cc1ccc(CN2C(=O)C3=C(CC(C(C)Cc4ccccc4)CC3)N3CCN=C23)cc1. The topological polar surface area (TPSA) is 35.9 Å². The van der Waals surface area contributed by atoms with E-state index in [2.05, 4.69) is 73.3 Å². The summed E-state index contributed by atoms with van der Waals surface area (Å²) in [6.07, 6.45) is 4.07. The lowest BCUT2D eigenvalue weighted by atomic mass is 9.76. The summed E-state index contributed by atoms with van der Waals surface area (Å²) < 4.78 is 0. The number of guanidine groups is 1. The van der Waals surface area contributed by atoms with Gasteiger partial charge in [-0.25, -0.2) is 0 Å². The average molecular weight is 414 g/mol. The van der Waals surface area contributed by atoms with E-state index >= 15 is 0 Å². The van der Waals surface area contributed by atoms with Crippen LogP contribution in [0.2, 0.25) is 0 Å². The highest BCUT2D eigenvalue weighted by Gasteiger charge is 2.41. The van der Waals surface area contributed by atoms with E-state index in [1.807, 2.05) is 4.90 Å². The quantitative estimate of drug-likeness (QED) is 0.696. The molecular weight excluding hydrogens is 382 g/mol. The standard InChI is InChI=1S/C27H31N3O/c1-19-8-10-22(11-9-19)18-30-26(31)24-13-12-23(17-25(24)29-15-14-28-27(29)30)20(2)16-21-6-4-3-5-7-21/h3-11,20,23H,12-18H2,1-2H3. The van der Waals surface area contributed by atoms with E-state index in [-0.39, 0.29) is 5.91 Å². The van der Waals surface area contributed by atoms with Crippen LogP contribution in [0.1, 0.15) is 42.9 Å². The molecule has 0 radical (unpaired) electrons. The van der Waals surface area contributed by atoms with Gasteiger partial charge < -0.3 is 4.90 Å². The second-order valence-corrected chi connectivity index (χ2v) is 9.31. The molecule has 0 spiro atoms. The summed E-state index contributed by atoms with van der Waals surface area (Å²) in [7, 11) is 0. The van der Waals surface area contributed by atoms with E-state index in [1.54, 1.807) is 0 Å². The maximum Gasteiger partial charge on any atom is 0.258 e. The molecule has 2 atom stereocenters. The summed E-state index contributed by atoms with van der Waals surface area (Å²) in [5, 5.41) is 0. The fraction of sp³-hybridized carbons (Fsp3) is 0.407. The Morgan fingerprint density at radius 3 is 2.61 bits per heavy atom. The maximum atomic E-state index is 13.5. The first-order chi connectivity index (χ1) is 15.1. The highest BCUT2D eigenvalue weighted by Crippen LogP contribution is 2.41. The zero-order chi connectivity index (χ0) is 21.4. The minimum atomic E-state index is 0.168. The molecule has 2 aromatic carbocycles. The van der Waals surface area contributed by atoms with Gasteiger partial charge in [0, 0.05) is 17.8 Å². The summed E-state index contributed by atoms with van der Waals surface area (Å²) in [5.41, 5.74) is 6.07. The molecule has 5 rings (SSSR count). The lowest BCUT2D eigenvalue weighted by Crippen LogP contribution is -2.51. The van der Waals surface area contributed by atoms with Gasteiger partial charge in [0.25, 0.3) is 5.91 Å². The molecule has 0 saturated heterocycles. The Morgan fingerprint density at radius 1 is 1.06 bits per heavy atom. The summed E-state index contributed by atoms with van der Waals surface area (Å²) in [5.74, 6) is 2.24. The number of benzene rings is 2. The summed E-state index contributed by atoms with van der Waals surface area (Å²) >= 11 is 0. The monoisotopic (exact) mass is 413 g/mol. The van der Waals surface area contributed by atoms with E-state index in [0.29, 0.717) is 18.4 Å². The molecule has 2 heterocycles. The molecule has 3 aliphatic rings. The molecule has 2 aliphatic heterocycles. The van der Waals surface area contributed by atoms with Crippen LogP contribution in [0.5, 0.6) is 0 Å². The normalized spacial score (nSPS) is 21.7. The van der Waals surface area contributed by atoms with Gasteiger partial charge in [0.05, 0.1) is 13.1 Å². The molecule has 31 heavy (non-hydrogen) atoms. The van der Waals surface area contributed by atoms with Crippen molar-refractivity contribution in [3.63, 3.8) is 0 Å². The Balaban J connectivity index is 1.36. The molecule has 2 unspecified atom stereocenters. The molecule has 0 saturated carbocycles. The number of rotatable bonds is 5. The van der Waals surface area contributed by atoms with Gasteiger partial charge in [0.2, 0.25) is 5.96 Å². The number of aryl methyl sites for hydroxylation is 1. The largest absolute Gasteiger partial charge is 0.314 e. The number of aliphatic imine (C=N–C) groups is 1. The van der Waals surface area contributed by atoms with Crippen LogP contribution in [0, 0.1) is 18.8 Å². The van der Waals surface area contributed by atoms with Crippen LogP contribution in [0.15, 0.2) is 70.9 Å². The van der Waals surface area contributed by atoms with Gasteiger partial charge in [0.15, 0.2) is 0 Å². The van der Waals surface area contributed by atoms with Gasteiger partial charge in [-0.05, 0) is 55.6 Å². The molecule has 4 nitrogen and oxygen atoms in total. The van der Waals surface area contributed by atoms with E-state index in [9.17, 15) is 4.79 Å². The Hall–Kier alpha value is -2.88. The van der Waals surface area contributed by atoms with Crippen molar-refractivity contribution >= 4 is 11.9 Å². The Kier molecular flexibility index (Phi) is 5.39. The van der Waals surface area contributed by atoms with Crippen LogP contribution in [0.25, 0.3) is 0 Å². The lowest BCUT2D eigenvalue weighted by molar-refractivity contribution is -0.125. The first-order valence-corrected chi connectivity index (χ1v) is 11.6. The van der Waals surface area contributed by atoms with Crippen molar-refractivity contribution < 1.29 is 4.79 Å². The van der Waals surface area contributed by atoms with E-state index in [4.69, 9.17) is 4.99 Å². The van der Waals surface area contributed by atoms with Crippen molar-refractivity contribution in [1.29, 1.82) is 0 Å². The molecule has 0 N–H and O–H groups in total. The fourth-order valence-electron chi connectivity index (χ4n) is 5.28. The summed E-state index contributed by atoms with van der Waals surface area (Å²) in [4.78, 5) is 22.5. The Labute approximate surface area is 185 Å². The lowest BCUT2D eigenvalue weighted by Gasteiger charge is -2.42. The first-order valence-electron chi connectivity index (χ1n) is 11.6. The smallest absolute Gasteiger partial charge is 0.258 e. The van der Waals surface area contributed by atoms with Gasteiger partial charge in [-0.15, -0.1) is 0 Å². The number of nitrogens with zero attached hydrogens (tertiary/aromatic N) is 3. The third-order valence-corrected chi connectivity index (χ3v) is 7.12. The number of hydrogen-bond acceptors (Lipinski definition) is 3. The molecule has 1 aliphatic carbocycles. The molecule has 160 valence electrons. The number of allylic oxidation sites excluding steroid dienone is 1. The van der Waals surface area contributed by atoms with Crippen LogP contribution in [0.3, 0.4) is 0 Å². The van der Waals surface area contributed by atoms with Crippen LogP contribution in [-0.4, -0.2) is 34.8 Å². The third-order valence-electron chi connectivity index (χ3n) is 7.12. The molecule has 1 amide bonds. The van der Waals surface area contributed by atoms with Crippen LogP contribution in [0.4, 0.5) is 0 Å². The summed E-state index contributed by atoms with van der Waals surface area (Å²) in [6.45, 7) is 6.72. The predicted octanol–water partition coefficient (Wildman–Crippen LogP) is 4.94. The molecule has 0 bridgehead atoms. The fourth-order valence-corrected chi connectivity index (χ4v) is 5.28. The Bertz CT molecular complexity index is 1020. The van der Waals surface area contributed by atoms with Gasteiger partial charge >= 0.3 is 0 Å². The zero-order valence-electron chi connectivity index (χ0n) is 18.6. The van der Waals surface area contributed by atoms with Crippen molar-refractivity contribution in [2.45, 2.75) is 46.1 Å². The van der Waals surface area contributed by atoms with Crippen molar-refractivity contribution in [2.24, 2.45) is 16.8 Å². The van der Waals surface area contributed by atoms with Crippen LogP contribution < -0.4 is 0 Å². The molecule has 2 aromatic rings. The molecule has 4 heteroatoms. The predicted molar refractivity (Wildman–Crippen MR) is 124 cm³/mol. The summed E-state index contributed by atoms with van der Waals surface area (Å²) in [6, 6.07) is 19.2. The van der Waals surface area contributed by atoms with E-state index in [0.717, 1.165) is 55.9 Å². The maximum absolute atomic E-state index is 13.5. The van der Waals surface area contributed by atoms with Crippen LogP contribution in [-0.2, 0) is 17.8 Å². The number of fused-ring (bicyclic) bond motifs is 2. The molecule has 0 fully saturated rings. The minimum Gasteiger partial charge on any atom is -0.314 e. The number of carbonyl (C=O) groups is 1. The van der Waals surface area contributed by atoms with E-state index < -0.39 is 0 Å². The number of hydrogen-bond donors (Lipinski definition) is 0. The van der Waals surface area contributed by atoms with E-state index in [1.165, 1.54) is 16.8 Å². The first kappa shape index (κ1) is 20.0. The molecular formula is C27H31N3O. The van der Waals surface area contributed by atoms with Crippen molar-refractivity contribution in [2.75, 3.05) is 13.1 Å². The van der Waals surface area contributed by atoms with Crippen molar-refractivity contribution in [3.8, 4) is 0 Å². The zero-order valence-corrected chi connectivity index (χ0v) is 18.6. The number of amides is 1. The minimum absolute atomic E-state index is 0.168. The van der Waals surface area contributed by atoms with Gasteiger partial charge in [-0.3, -0.25) is 14.7 Å². The van der Waals surface area contributed by atoms with Crippen LogP contribution >= 0.6 is 0 Å². The Morgan fingerprint density at radius 2 is 1.84 bits per heavy atom. The van der Waals surface area contributed by atoms with Crippen molar-refractivity contribution in [3.05, 3.63) is 82.6 Å². The highest BCUT2D eigenvalue weighted by atomic mass is 16.2. The van der Waals surface area contributed by atoms with Crippen molar-refractivity contribution in [1.82, 2.24) is 9.80 Å². The molecule has 0 aromatic heterocycles. The number of carbonyl (C=O) groups excluding carboxylic acids is 1. The second kappa shape index (κ2) is 8.33. The third kappa shape index (κ3) is 3.91. The van der Waals surface area contributed by atoms with Gasteiger partial charge in [-0.1, -0.05) is 67.1 Å². The van der Waals surface area contributed by atoms with Gasteiger partial charge in [0.1, 0.15) is 0 Å².